The molecular weight excluding hydrogens is 651 g/mol. The third-order valence-electron chi connectivity index (χ3n) is 47.1. The quantitative estimate of drug-likeness (QED) is 0.418. The van der Waals surface area contributed by atoms with Crippen LogP contribution in [0, 0.1) is 270 Å². The van der Waals surface area contributed by atoms with E-state index in [2.05, 4.69) is 0 Å². The molecule has 0 saturated heterocycles. The first-order valence-corrected chi connectivity index (χ1v) is 26.5. The SMILES string of the molecule is NC12C3CC4C5C6C7C8C9CC%10C%11C%12C%13C%14CC%15C%16C%17CC%18C%19C1C1%20C%19%21C%18C%17%18C%17C%16%19C%16C%15%14C%13%14C%12%13C%11%12C%109C89C78C67C56C43C21C61C%202C%18%21C%173C%194C%16%14C%135C%129C86C71C32C456. The van der Waals surface area contributed by atoms with Gasteiger partial charge in [-0.25, -0.2) is 0 Å². The smallest absolute Gasteiger partial charge is 0.0301 e. The van der Waals surface area contributed by atoms with Crippen LogP contribution >= 0.6 is 0 Å². The highest BCUT2D eigenvalue weighted by Crippen LogP contribution is 3.74. The van der Waals surface area contributed by atoms with Gasteiger partial charge in [-0.05, 0) is 285 Å². The van der Waals surface area contributed by atoms with Crippen LogP contribution in [0.25, 0.3) is 0 Å². The molecule has 248 valence electrons. The van der Waals surface area contributed by atoms with E-state index >= 15 is 0 Å². The second-order valence-electron chi connectivity index (χ2n) is 35.0. The van der Waals surface area contributed by atoms with Crippen LogP contribution < -0.4 is 5.73 Å². The van der Waals surface area contributed by atoms with Crippen LogP contribution in [-0.2, 0) is 0 Å². The first-order chi connectivity index (χ1) is 26.7. The van der Waals surface area contributed by atoms with Gasteiger partial charge in [-0.15, -0.1) is 0 Å². The molecule has 39 aliphatic carbocycles. The minimum absolute atomic E-state index is 0.432. The van der Waals surface area contributed by atoms with Crippen molar-refractivity contribution in [3.05, 3.63) is 0 Å². The summed E-state index contributed by atoms with van der Waals surface area (Å²) in [4.78, 5) is 0. The summed E-state index contributed by atoms with van der Waals surface area (Å²) in [6.45, 7) is 0. The number of hydrogen-bond acceptors (Lipinski definition) is 1. The molecule has 27 spiro atoms. The number of fused-ring (bicyclic) bond motifs is 15. The van der Waals surface area contributed by atoms with Gasteiger partial charge in [0.15, 0.2) is 0 Å². The molecule has 0 bridgehead atoms. The molecule has 39 saturated carbocycles. The summed E-state index contributed by atoms with van der Waals surface area (Å²) >= 11 is 0. The molecule has 2 N–H and O–H groups in total. The van der Waals surface area contributed by atoms with Crippen molar-refractivity contribution in [1.29, 1.82) is 0 Å². The minimum Gasteiger partial charge on any atom is -0.324 e. The maximum absolute atomic E-state index is 8.77. The molecule has 39 fully saturated rings. The van der Waals surface area contributed by atoms with Crippen molar-refractivity contribution in [3.8, 4) is 0 Å². The summed E-state index contributed by atoms with van der Waals surface area (Å²) in [7, 11) is 0. The largest absolute Gasteiger partial charge is 0.324 e. The van der Waals surface area contributed by atoms with Gasteiger partial charge in [0.25, 0.3) is 0 Å². The van der Waals surface area contributed by atoms with Crippen molar-refractivity contribution in [1.82, 2.24) is 0 Å². The molecule has 0 aromatic rings. The van der Waals surface area contributed by atoms with E-state index in [4.69, 9.17) is 5.73 Å². The molecule has 0 aliphatic heterocycles. The Hall–Kier alpha value is -0.0400. The monoisotopic (exact) mass is 681 g/mol. The number of rotatable bonds is 0. The lowest BCUT2D eigenvalue weighted by molar-refractivity contribution is -1.25. The summed E-state index contributed by atoms with van der Waals surface area (Å²) in [5.41, 5.74) is 37.7. The third kappa shape index (κ3) is 0.360. The van der Waals surface area contributed by atoms with Gasteiger partial charge in [0.1, 0.15) is 0 Å². The number of hydrogen-bond donors (Lipinski definition) is 1. The Labute approximate surface area is 306 Å². The van der Waals surface area contributed by atoms with Crippen LogP contribution in [0.4, 0.5) is 0 Å². The molecule has 1 nitrogen and oxygen atoms in total. The van der Waals surface area contributed by atoms with Crippen LogP contribution in [0.3, 0.4) is 0 Å². The Kier molecular flexibility index (Phi) is 0.858. The van der Waals surface area contributed by atoms with Gasteiger partial charge in [0, 0.05) is 16.4 Å². The predicted molar refractivity (Wildman–Crippen MR) is 164 cm³/mol. The maximum atomic E-state index is 8.77. The lowest BCUT2D eigenvalue weighted by Crippen LogP contribution is -3.69. The summed E-state index contributed by atoms with van der Waals surface area (Å²) in [5, 5.41) is 0. The average molecular weight is 682 g/mol. The summed E-state index contributed by atoms with van der Waals surface area (Å²) in [6, 6.07) is 0. The first-order valence-electron chi connectivity index (χ1n) is 26.5. The van der Waals surface area contributed by atoms with Crippen molar-refractivity contribution >= 4 is 0 Å². The van der Waals surface area contributed by atoms with E-state index in [1.54, 1.807) is 6.42 Å². The van der Waals surface area contributed by atoms with Gasteiger partial charge in [0.05, 0.1) is 0 Å². The normalized spacial score (nSPS) is 143. The van der Waals surface area contributed by atoms with Gasteiger partial charge in [-0.2, -0.15) is 0 Å². The average Bonchev–Trinajstić information content (AvgIpc) is 3.47. The van der Waals surface area contributed by atoms with Crippen molar-refractivity contribution in [3.63, 3.8) is 0 Å². The fourth-order valence-electron chi connectivity index (χ4n) is 60.7. The Morgan fingerprint density at radius 1 is 0.315 bits per heavy atom. The minimum atomic E-state index is 0.432. The molecule has 39 rings (SSSR count). The van der Waals surface area contributed by atoms with E-state index in [9.17, 15) is 0 Å². The maximum Gasteiger partial charge on any atom is 0.0301 e. The molecule has 39 aliphatic rings. The highest BCUT2D eigenvalue weighted by atomic mass is 15.8. The molecule has 0 aromatic heterocycles. The molecule has 0 amide bonds. The third-order valence-corrected chi connectivity index (χ3v) is 47.1. The van der Waals surface area contributed by atoms with Gasteiger partial charge >= 0.3 is 0 Å². The topological polar surface area (TPSA) is 26.0 Å². The molecule has 49 atom stereocenters. The van der Waals surface area contributed by atoms with Crippen LogP contribution in [-0.4, -0.2) is 5.54 Å². The predicted octanol–water partition coefficient (Wildman–Crippen LogP) is 3.35. The van der Waals surface area contributed by atoms with Crippen molar-refractivity contribution in [2.75, 3.05) is 0 Å². The Balaban J connectivity index is 0.870. The summed E-state index contributed by atoms with van der Waals surface area (Å²) < 4.78 is 0. The second kappa shape index (κ2) is 2.59. The van der Waals surface area contributed by atoms with Crippen LogP contribution in [0.1, 0.15) is 25.7 Å². The van der Waals surface area contributed by atoms with Gasteiger partial charge in [-0.3, -0.25) is 0 Å². The van der Waals surface area contributed by atoms with Crippen LogP contribution in [0.5, 0.6) is 0 Å². The van der Waals surface area contributed by atoms with E-state index in [0.717, 1.165) is 158 Å². The van der Waals surface area contributed by atoms with E-state index in [0.29, 0.717) is 5.54 Å². The van der Waals surface area contributed by atoms with E-state index < -0.39 is 0 Å². The van der Waals surface area contributed by atoms with Crippen LogP contribution in [0.2, 0.25) is 0 Å². The Bertz CT molecular complexity index is 3710. The van der Waals surface area contributed by atoms with Crippen molar-refractivity contribution in [2.45, 2.75) is 31.2 Å². The lowest BCUT2D eigenvalue weighted by Gasteiger charge is -3.69. The highest BCUT2D eigenvalue weighted by molar-refractivity contribution is 6.18. The molecule has 0 heterocycles. The Morgan fingerprint density at radius 3 is 1.80 bits per heavy atom. The zero-order valence-corrected chi connectivity index (χ0v) is 29.5. The Morgan fingerprint density at radius 2 is 0.926 bits per heavy atom. The fraction of sp³-hybridized carbons (Fsp3) is 1.00. The van der Waals surface area contributed by atoms with Crippen molar-refractivity contribution < 1.29 is 0 Å². The molecule has 0 aromatic carbocycles. The molecule has 54 heavy (non-hydrogen) atoms. The van der Waals surface area contributed by atoms with Crippen molar-refractivity contribution in [2.24, 2.45) is 276 Å². The number of nitrogens with two attached hydrogens (primary N) is 1. The lowest BCUT2D eigenvalue weighted by atomic mass is 8.32. The summed E-state index contributed by atoms with van der Waals surface area (Å²) in [6.07, 6.45) is 7.30. The summed E-state index contributed by atoms with van der Waals surface area (Å²) in [5.74, 6) is 28.0. The van der Waals surface area contributed by atoms with Gasteiger partial charge < -0.3 is 5.73 Å². The zero-order chi connectivity index (χ0) is 30.0. The highest BCUT2D eigenvalue weighted by Gasteiger charge is 3.73. The van der Waals surface area contributed by atoms with E-state index in [-0.39, 0.29) is 0 Å². The van der Waals surface area contributed by atoms with E-state index in [1.165, 1.54) is 112 Å². The standard InChI is InChI=1S/C53H31N/c54-32-12-4-11-18-21-20-17-10-3-9-16-19-15-8-2-7-14-6-1-5-13-23(32)40-31(13)22(5)27(6)25-28(14)24-26(7,8)33(15)37(19)34(16)29(9,10)35(17)38(20)39(21)36(18)30(11,12)45(32,40)48(36)50(39)49(38)46(34,35)47(37)41(24,33)44(28)42(25)43(27,31)51(40,48)52(42,50)53(44,47)49/h5-25H,1-4,54H2. The second-order valence-corrected chi connectivity index (χ2v) is 35.0. The van der Waals surface area contributed by atoms with E-state index in [1.807, 2.05) is 19.3 Å². The van der Waals surface area contributed by atoms with Crippen LogP contribution in [0.15, 0.2) is 0 Å². The molecule has 1 heteroatoms. The van der Waals surface area contributed by atoms with Gasteiger partial charge in [-0.1, -0.05) is 0 Å². The first kappa shape index (κ1) is 17.9. The molecule has 49 unspecified atom stereocenters. The molecule has 0 radical (unpaired) electrons. The fourth-order valence-corrected chi connectivity index (χ4v) is 60.7. The zero-order valence-electron chi connectivity index (χ0n) is 29.5. The molecular formula is C53H31N. The van der Waals surface area contributed by atoms with Gasteiger partial charge in [0.2, 0.25) is 0 Å².